The minimum absolute atomic E-state index is 0.0632. The second kappa shape index (κ2) is 6.27. The van der Waals surface area contributed by atoms with Crippen molar-refractivity contribution in [2.24, 2.45) is 11.7 Å². The number of aryl methyl sites for hydroxylation is 1. The molecule has 4 heteroatoms. The van der Waals surface area contributed by atoms with Crippen LogP contribution in [0.2, 0.25) is 0 Å². The maximum atomic E-state index is 12.7. The first-order valence-corrected chi connectivity index (χ1v) is 8.55. The SMILES string of the molecule is COc1ccc2c(c1)CCC(S(=O)C(C)C(C)C)C2N. The number of hydrogen-bond donors (Lipinski definition) is 1. The molecule has 20 heavy (non-hydrogen) atoms. The van der Waals surface area contributed by atoms with E-state index in [2.05, 4.69) is 26.8 Å². The summed E-state index contributed by atoms with van der Waals surface area (Å²) >= 11 is 0. The summed E-state index contributed by atoms with van der Waals surface area (Å²) in [6.45, 7) is 6.31. The van der Waals surface area contributed by atoms with Gasteiger partial charge < -0.3 is 10.5 Å². The summed E-state index contributed by atoms with van der Waals surface area (Å²) in [6.07, 6.45) is 1.83. The van der Waals surface area contributed by atoms with E-state index < -0.39 is 10.8 Å². The Hall–Kier alpha value is -0.870. The van der Waals surface area contributed by atoms with Gasteiger partial charge in [0.05, 0.1) is 12.4 Å². The second-order valence-electron chi connectivity index (χ2n) is 5.95. The van der Waals surface area contributed by atoms with E-state index in [9.17, 15) is 4.21 Å². The topological polar surface area (TPSA) is 52.3 Å². The van der Waals surface area contributed by atoms with Crippen LogP contribution in [0.1, 0.15) is 44.4 Å². The fraction of sp³-hybridized carbons (Fsp3) is 0.625. The fourth-order valence-electron chi connectivity index (χ4n) is 2.73. The van der Waals surface area contributed by atoms with Crippen molar-refractivity contribution < 1.29 is 8.95 Å². The molecule has 0 spiro atoms. The Kier molecular flexibility index (Phi) is 4.86. The molecule has 1 aromatic rings. The molecular weight excluding hydrogens is 270 g/mol. The largest absolute Gasteiger partial charge is 0.497 e. The van der Waals surface area contributed by atoms with Crippen LogP contribution in [-0.2, 0) is 17.2 Å². The number of fused-ring (bicyclic) bond motifs is 1. The summed E-state index contributed by atoms with van der Waals surface area (Å²) in [5.74, 6) is 1.28. The van der Waals surface area contributed by atoms with Crippen LogP contribution >= 0.6 is 0 Å². The van der Waals surface area contributed by atoms with Crippen molar-refractivity contribution in [3.05, 3.63) is 29.3 Å². The minimum Gasteiger partial charge on any atom is -0.497 e. The second-order valence-corrected chi connectivity index (χ2v) is 7.95. The molecule has 0 aromatic heterocycles. The maximum Gasteiger partial charge on any atom is 0.119 e. The highest BCUT2D eigenvalue weighted by molar-refractivity contribution is 7.86. The molecule has 0 fully saturated rings. The van der Waals surface area contributed by atoms with Crippen LogP contribution in [0.4, 0.5) is 0 Å². The van der Waals surface area contributed by atoms with Gasteiger partial charge in [0.15, 0.2) is 0 Å². The Labute approximate surface area is 124 Å². The van der Waals surface area contributed by atoms with Crippen molar-refractivity contribution in [1.82, 2.24) is 0 Å². The van der Waals surface area contributed by atoms with Gasteiger partial charge in [-0.2, -0.15) is 0 Å². The molecule has 0 saturated heterocycles. The lowest BCUT2D eigenvalue weighted by molar-refractivity contribution is 0.413. The van der Waals surface area contributed by atoms with Crippen LogP contribution in [0.3, 0.4) is 0 Å². The van der Waals surface area contributed by atoms with Crippen molar-refractivity contribution in [1.29, 1.82) is 0 Å². The molecule has 3 nitrogen and oxygen atoms in total. The van der Waals surface area contributed by atoms with Crippen molar-refractivity contribution in [3.8, 4) is 5.75 Å². The highest BCUT2D eigenvalue weighted by Gasteiger charge is 2.34. The van der Waals surface area contributed by atoms with Gasteiger partial charge in [0.1, 0.15) is 5.75 Å². The number of hydrogen-bond acceptors (Lipinski definition) is 3. The minimum atomic E-state index is -0.882. The van der Waals surface area contributed by atoms with Gasteiger partial charge in [-0.15, -0.1) is 0 Å². The molecule has 2 rings (SSSR count). The van der Waals surface area contributed by atoms with Crippen LogP contribution in [0.25, 0.3) is 0 Å². The molecule has 0 amide bonds. The summed E-state index contributed by atoms with van der Waals surface area (Å²) in [5, 5.41) is 0.249. The molecule has 0 heterocycles. The van der Waals surface area contributed by atoms with E-state index in [4.69, 9.17) is 10.5 Å². The van der Waals surface area contributed by atoms with Gasteiger partial charge >= 0.3 is 0 Å². The summed E-state index contributed by atoms with van der Waals surface area (Å²) < 4.78 is 17.9. The Morgan fingerprint density at radius 3 is 2.65 bits per heavy atom. The Morgan fingerprint density at radius 2 is 2.05 bits per heavy atom. The van der Waals surface area contributed by atoms with E-state index in [0.29, 0.717) is 5.92 Å². The molecule has 2 N–H and O–H groups in total. The Morgan fingerprint density at radius 1 is 1.35 bits per heavy atom. The molecule has 112 valence electrons. The van der Waals surface area contributed by atoms with Crippen LogP contribution in [0.5, 0.6) is 5.75 Å². The first-order valence-electron chi connectivity index (χ1n) is 7.27. The summed E-state index contributed by atoms with van der Waals surface area (Å²) in [7, 11) is 0.791. The zero-order chi connectivity index (χ0) is 14.9. The molecule has 4 atom stereocenters. The van der Waals surface area contributed by atoms with E-state index in [1.165, 1.54) is 5.56 Å². The van der Waals surface area contributed by atoms with Crippen molar-refractivity contribution >= 4 is 10.8 Å². The molecule has 0 radical (unpaired) electrons. The molecule has 1 aromatic carbocycles. The Bertz CT molecular complexity index is 501. The molecule has 0 bridgehead atoms. The zero-order valence-corrected chi connectivity index (χ0v) is 13.6. The lowest BCUT2D eigenvalue weighted by Crippen LogP contribution is -2.39. The summed E-state index contributed by atoms with van der Waals surface area (Å²) in [5.41, 5.74) is 8.76. The predicted molar refractivity (Wildman–Crippen MR) is 84.5 cm³/mol. The van der Waals surface area contributed by atoms with E-state index in [0.717, 1.165) is 24.2 Å². The molecule has 1 aliphatic rings. The normalized spacial score (nSPS) is 25.1. The average molecular weight is 295 g/mol. The number of rotatable bonds is 4. The highest BCUT2D eigenvalue weighted by Crippen LogP contribution is 2.35. The molecule has 4 unspecified atom stereocenters. The van der Waals surface area contributed by atoms with Gasteiger partial charge in [0.2, 0.25) is 0 Å². The van der Waals surface area contributed by atoms with Crippen molar-refractivity contribution in [2.75, 3.05) is 7.11 Å². The lowest BCUT2D eigenvalue weighted by Gasteiger charge is -2.33. The van der Waals surface area contributed by atoms with Gasteiger partial charge in [-0.1, -0.05) is 26.8 Å². The van der Waals surface area contributed by atoms with Gasteiger partial charge in [-0.3, -0.25) is 4.21 Å². The van der Waals surface area contributed by atoms with Crippen LogP contribution < -0.4 is 10.5 Å². The number of nitrogens with two attached hydrogens (primary N) is 1. The van der Waals surface area contributed by atoms with Crippen molar-refractivity contribution in [2.45, 2.75) is 50.2 Å². The van der Waals surface area contributed by atoms with Crippen LogP contribution in [0, 0.1) is 5.92 Å². The molecular formula is C16H25NO2S. The number of methoxy groups -OCH3 is 1. The lowest BCUT2D eigenvalue weighted by atomic mass is 9.87. The monoisotopic (exact) mass is 295 g/mol. The number of benzene rings is 1. The smallest absolute Gasteiger partial charge is 0.119 e. The number of ether oxygens (including phenoxy) is 1. The van der Waals surface area contributed by atoms with E-state index in [1.54, 1.807) is 7.11 Å². The molecule has 0 aliphatic heterocycles. The van der Waals surface area contributed by atoms with Gasteiger partial charge in [-0.25, -0.2) is 0 Å². The van der Waals surface area contributed by atoms with E-state index >= 15 is 0 Å². The van der Waals surface area contributed by atoms with Gasteiger partial charge in [0.25, 0.3) is 0 Å². The van der Waals surface area contributed by atoms with Crippen LogP contribution in [0.15, 0.2) is 18.2 Å². The molecule has 0 saturated carbocycles. The Balaban J connectivity index is 2.23. The third-order valence-corrected chi connectivity index (χ3v) is 6.81. The summed E-state index contributed by atoms with van der Waals surface area (Å²) in [4.78, 5) is 0. The molecule has 1 aliphatic carbocycles. The zero-order valence-electron chi connectivity index (χ0n) is 12.8. The standard InChI is InChI=1S/C16H25NO2S/c1-10(2)11(3)20(18)15-8-5-12-9-13(19-4)6-7-14(12)16(15)17/h6-7,9-11,15-16H,5,8,17H2,1-4H3. The maximum absolute atomic E-state index is 12.7. The van der Waals surface area contributed by atoms with Crippen LogP contribution in [-0.4, -0.2) is 21.8 Å². The van der Waals surface area contributed by atoms with Gasteiger partial charge in [0, 0.05) is 22.1 Å². The fourth-order valence-corrected chi connectivity index (χ4v) is 4.61. The quantitative estimate of drug-likeness (QED) is 0.929. The third-order valence-electron chi connectivity index (χ3n) is 4.41. The van der Waals surface area contributed by atoms with Gasteiger partial charge in [-0.05, 0) is 42.0 Å². The average Bonchev–Trinajstić information content (AvgIpc) is 2.45. The highest BCUT2D eigenvalue weighted by atomic mass is 32.2. The summed E-state index contributed by atoms with van der Waals surface area (Å²) in [6, 6.07) is 5.89. The van der Waals surface area contributed by atoms with Crippen molar-refractivity contribution in [3.63, 3.8) is 0 Å². The first-order chi connectivity index (χ1) is 9.45. The van der Waals surface area contributed by atoms with E-state index in [1.807, 2.05) is 12.1 Å². The predicted octanol–water partition coefficient (Wildman–Crippen LogP) is 2.80. The first kappa shape index (κ1) is 15.5. The van der Waals surface area contributed by atoms with E-state index in [-0.39, 0.29) is 16.5 Å². The third kappa shape index (κ3) is 2.91.